The van der Waals surface area contributed by atoms with Crippen LogP contribution < -0.4 is 10.1 Å². The minimum atomic E-state index is -1.02. The van der Waals surface area contributed by atoms with Gasteiger partial charge in [0.05, 0.1) is 0 Å². The maximum Gasteiger partial charge on any atom is 0.324 e. The van der Waals surface area contributed by atoms with Crippen LogP contribution >= 0.6 is 0 Å². The summed E-state index contributed by atoms with van der Waals surface area (Å²) in [6.45, 7) is 2.20. The van der Waals surface area contributed by atoms with Gasteiger partial charge in [0.2, 0.25) is 0 Å². The van der Waals surface area contributed by atoms with Crippen molar-refractivity contribution in [2.45, 2.75) is 13.0 Å². The summed E-state index contributed by atoms with van der Waals surface area (Å²) in [5, 5.41) is 11.5. The molecular formula is C11H14FNO3. The zero-order chi connectivity index (χ0) is 12.0. The van der Waals surface area contributed by atoms with Gasteiger partial charge >= 0.3 is 5.97 Å². The number of likely N-dealkylation sites (N-methyl/N-ethyl adjacent to an activating group) is 1. The fraction of sp³-hybridized carbons (Fsp3) is 0.364. The van der Waals surface area contributed by atoms with Crippen molar-refractivity contribution >= 4 is 5.97 Å². The summed E-state index contributed by atoms with van der Waals surface area (Å²) >= 11 is 0. The summed E-state index contributed by atoms with van der Waals surface area (Å²) in [7, 11) is 0. The van der Waals surface area contributed by atoms with Crippen molar-refractivity contribution in [3.05, 3.63) is 30.1 Å². The number of aliphatic carboxylic acids is 1. The second-order valence-electron chi connectivity index (χ2n) is 3.19. The molecule has 2 N–H and O–H groups in total. The lowest BCUT2D eigenvalue weighted by atomic mass is 10.3. The van der Waals surface area contributed by atoms with Gasteiger partial charge in [-0.15, -0.1) is 0 Å². The van der Waals surface area contributed by atoms with Gasteiger partial charge in [-0.3, -0.25) is 4.79 Å². The normalized spacial score (nSPS) is 12.1. The van der Waals surface area contributed by atoms with Crippen molar-refractivity contribution in [3.63, 3.8) is 0 Å². The molecule has 1 aromatic carbocycles. The van der Waals surface area contributed by atoms with Crippen molar-refractivity contribution < 1.29 is 19.0 Å². The maximum absolute atomic E-state index is 13.1. The third kappa shape index (κ3) is 3.51. The summed E-state index contributed by atoms with van der Waals surface area (Å²) in [5.41, 5.74) is 0. The molecule has 0 amide bonds. The number of rotatable bonds is 6. The highest BCUT2D eigenvalue weighted by molar-refractivity contribution is 5.73. The SMILES string of the molecule is CCNC(COc1ccccc1F)C(=O)O. The van der Waals surface area contributed by atoms with Crippen molar-refractivity contribution in [1.29, 1.82) is 0 Å². The Labute approximate surface area is 93.0 Å². The van der Waals surface area contributed by atoms with Crippen molar-refractivity contribution in [2.75, 3.05) is 13.2 Å². The monoisotopic (exact) mass is 227 g/mol. The average molecular weight is 227 g/mol. The van der Waals surface area contributed by atoms with Gasteiger partial charge in [0.1, 0.15) is 12.6 Å². The van der Waals surface area contributed by atoms with E-state index in [0.29, 0.717) is 6.54 Å². The number of carboxylic acid groups (broad SMARTS) is 1. The number of carboxylic acids is 1. The van der Waals surface area contributed by atoms with E-state index in [2.05, 4.69) is 5.32 Å². The van der Waals surface area contributed by atoms with E-state index >= 15 is 0 Å². The lowest BCUT2D eigenvalue weighted by Gasteiger charge is -2.14. The third-order valence-corrected chi connectivity index (χ3v) is 1.99. The molecule has 16 heavy (non-hydrogen) atoms. The van der Waals surface area contributed by atoms with E-state index in [4.69, 9.17) is 9.84 Å². The number of benzene rings is 1. The van der Waals surface area contributed by atoms with Gasteiger partial charge in [0.25, 0.3) is 0 Å². The molecule has 0 aliphatic heterocycles. The Morgan fingerprint density at radius 3 is 2.81 bits per heavy atom. The Morgan fingerprint density at radius 2 is 2.25 bits per heavy atom. The van der Waals surface area contributed by atoms with Gasteiger partial charge in [0, 0.05) is 0 Å². The Bertz CT molecular complexity index is 357. The summed E-state index contributed by atoms with van der Waals surface area (Å²) in [5.74, 6) is -1.45. The van der Waals surface area contributed by atoms with E-state index < -0.39 is 17.8 Å². The molecule has 88 valence electrons. The quantitative estimate of drug-likeness (QED) is 0.768. The molecule has 0 bridgehead atoms. The number of carbonyl (C=O) groups is 1. The molecule has 5 heteroatoms. The van der Waals surface area contributed by atoms with Gasteiger partial charge < -0.3 is 15.2 Å². The zero-order valence-electron chi connectivity index (χ0n) is 8.94. The Morgan fingerprint density at radius 1 is 1.56 bits per heavy atom. The molecule has 0 spiro atoms. The van der Waals surface area contributed by atoms with Crippen molar-refractivity contribution in [2.24, 2.45) is 0 Å². The van der Waals surface area contributed by atoms with Crippen molar-refractivity contribution in [1.82, 2.24) is 5.32 Å². The Kier molecular flexibility index (Phi) is 4.72. The molecule has 0 radical (unpaired) electrons. The van der Waals surface area contributed by atoms with E-state index in [1.807, 2.05) is 0 Å². The highest BCUT2D eigenvalue weighted by Crippen LogP contribution is 2.15. The van der Waals surface area contributed by atoms with E-state index in [9.17, 15) is 9.18 Å². The maximum atomic E-state index is 13.1. The fourth-order valence-corrected chi connectivity index (χ4v) is 1.20. The van der Waals surface area contributed by atoms with Crippen LogP contribution in [0.3, 0.4) is 0 Å². The Balaban J connectivity index is 2.55. The third-order valence-electron chi connectivity index (χ3n) is 1.99. The molecule has 0 heterocycles. The smallest absolute Gasteiger partial charge is 0.324 e. The van der Waals surface area contributed by atoms with Crippen LogP contribution in [0.1, 0.15) is 6.92 Å². The Hall–Kier alpha value is -1.62. The lowest BCUT2D eigenvalue weighted by molar-refractivity contribution is -0.140. The predicted octanol–water partition coefficient (Wildman–Crippen LogP) is 1.27. The number of para-hydroxylation sites is 1. The van der Waals surface area contributed by atoms with E-state index in [0.717, 1.165) is 0 Å². The number of nitrogens with one attached hydrogen (secondary N) is 1. The van der Waals surface area contributed by atoms with Crippen molar-refractivity contribution in [3.8, 4) is 5.75 Å². The summed E-state index contributed by atoms with van der Waals surface area (Å²) < 4.78 is 18.2. The predicted molar refractivity (Wildman–Crippen MR) is 57.0 cm³/mol. The standard InChI is InChI=1S/C11H14FNO3/c1-2-13-9(11(14)15)7-16-10-6-4-3-5-8(10)12/h3-6,9,13H,2,7H2,1H3,(H,14,15). The first kappa shape index (κ1) is 12.4. The highest BCUT2D eigenvalue weighted by Gasteiger charge is 2.17. The molecule has 0 fully saturated rings. The fourth-order valence-electron chi connectivity index (χ4n) is 1.20. The first-order valence-corrected chi connectivity index (χ1v) is 4.98. The molecule has 0 saturated carbocycles. The molecule has 1 unspecified atom stereocenters. The van der Waals surface area contributed by atoms with E-state index in [1.54, 1.807) is 19.1 Å². The van der Waals surface area contributed by atoms with Gasteiger partial charge in [-0.1, -0.05) is 19.1 Å². The van der Waals surface area contributed by atoms with Crippen LogP contribution in [0.5, 0.6) is 5.75 Å². The summed E-state index contributed by atoms with van der Waals surface area (Å²) in [6, 6.07) is 5.06. The largest absolute Gasteiger partial charge is 0.488 e. The van der Waals surface area contributed by atoms with Gasteiger partial charge in [-0.25, -0.2) is 4.39 Å². The summed E-state index contributed by atoms with van der Waals surface area (Å²) in [4.78, 5) is 10.8. The molecule has 0 aliphatic carbocycles. The first-order valence-electron chi connectivity index (χ1n) is 4.98. The van der Waals surface area contributed by atoms with Crippen LogP contribution in [0.15, 0.2) is 24.3 Å². The topological polar surface area (TPSA) is 58.6 Å². The molecular weight excluding hydrogens is 213 g/mol. The number of halogens is 1. The molecule has 4 nitrogen and oxygen atoms in total. The van der Waals surface area contributed by atoms with Crippen LogP contribution in [0, 0.1) is 5.82 Å². The van der Waals surface area contributed by atoms with Gasteiger partial charge in [-0.05, 0) is 18.7 Å². The van der Waals surface area contributed by atoms with Crippen LogP contribution in [-0.4, -0.2) is 30.3 Å². The second kappa shape index (κ2) is 6.07. The number of hydrogen-bond donors (Lipinski definition) is 2. The molecule has 0 aliphatic rings. The van der Waals surface area contributed by atoms with Crippen LogP contribution in [-0.2, 0) is 4.79 Å². The number of hydrogen-bond acceptors (Lipinski definition) is 3. The van der Waals surface area contributed by atoms with E-state index in [1.165, 1.54) is 12.1 Å². The molecule has 0 aromatic heterocycles. The van der Waals surface area contributed by atoms with Crippen LogP contribution in [0.25, 0.3) is 0 Å². The molecule has 0 saturated heterocycles. The minimum Gasteiger partial charge on any atom is -0.488 e. The zero-order valence-corrected chi connectivity index (χ0v) is 8.94. The second-order valence-corrected chi connectivity index (χ2v) is 3.19. The van der Waals surface area contributed by atoms with Gasteiger partial charge in [0.15, 0.2) is 11.6 Å². The average Bonchev–Trinajstić information content (AvgIpc) is 2.26. The van der Waals surface area contributed by atoms with Gasteiger partial charge in [-0.2, -0.15) is 0 Å². The first-order chi connectivity index (χ1) is 7.65. The molecule has 1 rings (SSSR count). The lowest BCUT2D eigenvalue weighted by Crippen LogP contribution is -2.41. The highest BCUT2D eigenvalue weighted by atomic mass is 19.1. The molecule has 1 aromatic rings. The summed E-state index contributed by atoms with van der Waals surface area (Å²) in [6.07, 6.45) is 0. The van der Waals surface area contributed by atoms with Crippen LogP contribution in [0.2, 0.25) is 0 Å². The minimum absolute atomic E-state index is 0.0617. The van der Waals surface area contributed by atoms with E-state index in [-0.39, 0.29) is 12.4 Å². The molecule has 1 atom stereocenters. The number of ether oxygens (including phenoxy) is 1. The van der Waals surface area contributed by atoms with Crippen LogP contribution in [0.4, 0.5) is 4.39 Å².